The van der Waals surface area contributed by atoms with Crippen LogP contribution in [0.5, 0.6) is 0 Å². The fraction of sp³-hybridized carbons (Fsp3) is 0. The number of benzene rings is 2. The van der Waals surface area contributed by atoms with Crippen LogP contribution >= 0.6 is 11.6 Å². The van der Waals surface area contributed by atoms with E-state index < -0.39 is 28.8 Å². The molecular formula is C13H6ClF3O. The standard InChI is InChI=1S/C13H6ClF3O/c14-9-4-2-1-3-7(9)13(18)8-5-11(16)12(17)6-10(8)15/h1-6H. The molecule has 0 radical (unpaired) electrons. The average molecular weight is 271 g/mol. The van der Waals surface area contributed by atoms with E-state index in [1.54, 1.807) is 6.07 Å². The minimum Gasteiger partial charge on any atom is -0.288 e. The van der Waals surface area contributed by atoms with E-state index >= 15 is 0 Å². The number of hydrogen-bond donors (Lipinski definition) is 0. The van der Waals surface area contributed by atoms with Crippen LogP contribution in [0.1, 0.15) is 15.9 Å². The van der Waals surface area contributed by atoms with Crippen LogP contribution in [-0.4, -0.2) is 5.78 Å². The number of ketones is 1. The Labute approximate surface area is 106 Å². The molecular weight excluding hydrogens is 265 g/mol. The molecule has 0 unspecified atom stereocenters. The molecule has 0 aliphatic rings. The first kappa shape index (κ1) is 12.6. The first-order valence-corrected chi connectivity index (χ1v) is 5.32. The normalized spacial score (nSPS) is 10.4. The van der Waals surface area contributed by atoms with Gasteiger partial charge in [0, 0.05) is 11.6 Å². The summed E-state index contributed by atoms with van der Waals surface area (Å²) in [7, 11) is 0. The van der Waals surface area contributed by atoms with E-state index in [1.807, 2.05) is 0 Å². The van der Waals surface area contributed by atoms with Crippen molar-refractivity contribution < 1.29 is 18.0 Å². The summed E-state index contributed by atoms with van der Waals surface area (Å²) in [5, 5.41) is 0.117. The van der Waals surface area contributed by atoms with Crippen LogP contribution in [0.3, 0.4) is 0 Å². The summed E-state index contributed by atoms with van der Waals surface area (Å²) < 4.78 is 39.2. The molecule has 1 nitrogen and oxygen atoms in total. The lowest BCUT2D eigenvalue weighted by molar-refractivity contribution is 0.103. The molecule has 0 aliphatic carbocycles. The van der Waals surface area contributed by atoms with Gasteiger partial charge in [0.15, 0.2) is 17.4 Å². The van der Waals surface area contributed by atoms with Crippen molar-refractivity contribution in [3.05, 3.63) is 70.0 Å². The van der Waals surface area contributed by atoms with E-state index in [1.165, 1.54) is 18.2 Å². The summed E-state index contributed by atoms with van der Waals surface area (Å²) in [4.78, 5) is 11.9. The van der Waals surface area contributed by atoms with Gasteiger partial charge in [-0.3, -0.25) is 4.79 Å². The molecule has 2 rings (SSSR count). The Morgan fingerprint density at radius 2 is 1.50 bits per heavy atom. The third-order valence-electron chi connectivity index (χ3n) is 2.37. The fourth-order valence-electron chi connectivity index (χ4n) is 1.49. The molecule has 2 aromatic carbocycles. The fourth-order valence-corrected chi connectivity index (χ4v) is 1.71. The largest absolute Gasteiger partial charge is 0.288 e. The van der Waals surface area contributed by atoms with Gasteiger partial charge in [-0.1, -0.05) is 23.7 Å². The molecule has 2 aromatic rings. The van der Waals surface area contributed by atoms with Crippen molar-refractivity contribution in [1.29, 1.82) is 0 Å². The molecule has 0 heterocycles. The number of halogens is 4. The van der Waals surface area contributed by atoms with E-state index in [0.717, 1.165) is 0 Å². The summed E-state index contributed by atoms with van der Waals surface area (Å²) >= 11 is 5.78. The third-order valence-corrected chi connectivity index (χ3v) is 2.70. The topological polar surface area (TPSA) is 17.1 Å². The Morgan fingerprint density at radius 1 is 0.889 bits per heavy atom. The molecule has 0 amide bonds. The van der Waals surface area contributed by atoms with Crippen molar-refractivity contribution in [3.8, 4) is 0 Å². The second-order valence-electron chi connectivity index (χ2n) is 3.56. The second kappa shape index (κ2) is 4.82. The van der Waals surface area contributed by atoms with E-state index in [9.17, 15) is 18.0 Å². The summed E-state index contributed by atoms with van der Waals surface area (Å²) in [6.45, 7) is 0. The Kier molecular flexibility index (Phi) is 3.39. The maximum atomic E-state index is 13.4. The summed E-state index contributed by atoms with van der Waals surface area (Å²) in [5.74, 6) is -4.55. The highest BCUT2D eigenvalue weighted by atomic mass is 35.5. The molecule has 0 saturated heterocycles. The van der Waals surface area contributed by atoms with Crippen molar-refractivity contribution in [1.82, 2.24) is 0 Å². The van der Waals surface area contributed by atoms with Gasteiger partial charge in [0.05, 0.1) is 10.6 Å². The predicted molar refractivity (Wildman–Crippen MR) is 61.2 cm³/mol. The molecule has 92 valence electrons. The van der Waals surface area contributed by atoms with E-state index in [2.05, 4.69) is 0 Å². The van der Waals surface area contributed by atoms with Crippen LogP contribution in [0.15, 0.2) is 36.4 Å². The highest BCUT2D eigenvalue weighted by Gasteiger charge is 2.19. The molecule has 0 saturated carbocycles. The van der Waals surface area contributed by atoms with E-state index in [-0.39, 0.29) is 10.6 Å². The molecule has 0 aliphatic heterocycles. The zero-order chi connectivity index (χ0) is 13.3. The first-order valence-electron chi connectivity index (χ1n) is 4.94. The molecule has 18 heavy (non-hydrogen) atoms. The quantitative estimate of drug-likeness (QED) is 0.596. The monoisotopic (exact) mass is 270 g/mol. The maximum Gasteiger partial charge on any atom is 0.197 e. The average Bonchev–Trinajstić information content (AvgIpc) is 2.33. The lowest BCUT2D eigenvalue weighted by Gasteiger charge is -2.05. The zero-order valence-electron chi connectivity index (χ0n) is 8.88. The van der Waals surface area contributed by atoms with Crippen LogP contribution < -0.4 is 0 Å². The zero-order valence-corrected chi connectivity index (χ0v) is 9.64. The molecule has 0 spiro atoms. The maximum absolute atomic E-state index is 13.4. The number of rotatable bonds is 2. The van der Waals surface area contributed by atoms with Gasteiger partial charge in [-0.25, -0.2) is 13.2 Å². The van der Waals surface area contributed by atoms with Crippen LogP contribution in [0.25, 0.3) is 0 Å². The van der Waals surface area contributed by atoms with Gasteiger partial charge in [0.1, 0.15) is 5.82 Å². The van der Waals surface area contributed by atoms with Gasteiger partial charge < -0.3 is 0 Å². The molecule has 0 fully saturated rings. The summed E-state index contributed by atoms with van der Waals surface area (Å²) in [6.07, 6.45) is 0. The molecule has 5 heteroatoms. The minimum atomic E-state index is -1.34. The lowest BCUT2D eigenvalue weighted by Crippen LogP contribution is -2.06. The Morgan fingerprint density at radius 3 is 2.17 bits per heavy atom. The Bertz CT molecular complexity index is 626. The highest BCUT2D eigenvalue weighted by molar-refractivity contribution is 6.35. The number of hydrogen-bond acceptors (Lipinski definition) is 1. The molecule has 0 atom stereocenters. The van der Waals surface area contributed by atoms with Crippen LogP contribution in [-0.2, 0) is 0 Å². The predicted octanol–water partition coefficient (Wildman–Crippen LogP) is 3.99. The van der Waals surface area contributed by atoms with Crippen molar-refractivity contribution in [2.24, 2.45) is 0 Å². The van der Waals surface area contributed by atoms with Crippen molar-refractivity contribution in [3.63, 3.8) is 0 Å². The summed E-state index contributed by atoms with van der Waals surface area (Å²) in [6, 6.07) is 6.82. The summed E-state index contributed by atoms with van der Waals surface area (Å²) in [5.41, 5.74) is -0.522. The van der Waals surface area contributed by atoms with Crippen LogP contribution in [0, 0.1) is 17.5 Å². The van der Waals surface area contributed by atoms with Crippen molar-refractivity contribution >= 4 is 17.4 Å². The van der Waals surface area contributed by atoms with Gasteiger partial charge in [0.2, 0.25) is 0 Å². The third kappa shape index (κ3) is 2.24. The van der Waals surface area contributed by atoms with Gasteiger partial charge in [-0.15, -0.1) is 0 Å². The smallest absolute Gasteiger partial charge is 0.197 e. The first-order chi connectivity index (χ1) is 8.50. The number of carbonyl (C=O) groups excluding carboxylic acids is 1. The van der Waals surface area contributed by atoms with Crippen molar-refractivity contribution in [2.45, 2.75) is 0 Å². The van der Waals surface area contributed by atoms with E-state index in [0.29, 0.717) is 12.1 Å². The Balaban J connectivity index is 2.53. The van der Waals surface area contributed by atoms with Crippen molar-refractivity contribution in [2.75, 3.05) is 0 Å². The molecule has 0 aromatic heterocycles. The lowest BCUT2D eigenvalue weighted by atomic mass is 10.0. The minimum absolute atomic E-state index is 0.0316. The highest BCUT2D eigenvalue weighted by Crippen LogP contribution is 2.22. The van der Waals surface area contributed by atoms with E-state index in [4.69, 9.17) is 11.6 Å². The van der Waals surface area contributed by atoms with Gasteiger partial charge in [-0.05, 0) is 18.2 Å². The van der Waals surface area contributed by atoms with Crippen LogP contribution in [0.4, 0.5) is 13.2 Å². The van der Waals surface area contributed by atoms with Crippen LogP contribution in [0.2, 0.25) is 5.02 Å². The molecule has 0 bridgehead atoms. The molecule has 0 N–H and O–H groups in total. The van der Waals surface area contributed by atoms with Gasteiger partial charge in [0.25, 0.3) is 0 Å². The van der Waals surface area contributed by atoms with Gasteiger partial charge in [-0.2, -0.15) is 0 Å². The number of carbonyl (C=O) groups is 1. The second-order valence-corrected chi connectivity index (χ2v) is 3.96. The van der Waals surface area contributed by atoms with Gasteiger partial charge >= 0.3 is 0 Å². The SMILES string of the molecule is O=C(c1cc(F)c(F)cc1F)c1ccccc1Cl. The Hall–Kier alpha value is -1.81.